The lowest BCUT2D eigenvalue weighted by Gasteiger charge is -2.26. The van der Waals surface area contributed by atoms with E-state index in [4.69, 9.17) is 15.2 Å². The number of aromatic hydroxyl groups is 1. The number of hydrogen-bond donors (Lipinski definition) is 4. The van der Waals surface area contributed by atoms with E-state index in [2.05, 4.69) is 10.6 Å². The summed E-state index contributed by atoms with van der Waals surface area (Å²) in [6, 6.07) is 29.4. The van der Waals surface area contributed by atoms with Gasteiger partial charge in [-0.1, -0.05) is 42.5 Å². The lowest BCUT2D eigenvalue weighted by atomic mass is 10.0. The van der Waals surface area contributed by atoms with Crippen LogP contribution in [-0.4, -0.2) is 29.5 Å². The predicted molar refractivity (Wildman–Crippen MR) is 159 cm³/mol. The molecule has 0 saturated heterocycles. The zero-order chi connectivity index (χ0) is 28.3. The van der Waals surface area contributed by atoms with E-state index >= 15 is 0 Å². The van der Waals surface area contributed by atoms with Crippen molar-refractivity contribution in [2.45, 2.75) is 17.1 Å². The second-order valence-corrected chi connectivity index (χ2v) is 9.48. The van der Waals surface area contributed by atoms with E-state index < -0.39 is 24.2 Å². The molecule has 2 atom stereocenters. The number of nitrogens with one attached hydrogen (secondary N) is 2. The molecule has 204 valence electrons. The maximum Gasteiger partial charge on any atom is 0.412 e. The molecule has 0 aliphatic heterocycles. The minimum Gasteiger partial charge on any atom is -0.508 e. The van der Waals surface area contributed by atoms with Gasteiger partial charge in [-0.05, 0) is 78.6 Å². The Labute approximate surface area is 236 Å². The van der Waals surface area contributed by atoms with Crippen molar-refractivity contribution >= 4 is 40.8 Å². The number of carbonyl (C=O) groups excluding carboxylic acids is 2. The van der Waals surface area contributed by atoms with Crippen molar-refractivity contribution in [2.75, 3.05) is 22.6 Å². The zero-order valence-electron chi connectivity index (χ0n) is 21.7. The van der Waals surface area contributed by atoms with Gasteiger partial charge in [-0.2, -0.15) is 0 Å². The van der Waals surface area contributed by atoms with Crippen LogP contribution < -0.4 is 21.1 Å². The molecule has 8 nitrogen and oxygen atoms in total. The Morgan fingerprint density at radius 2 is 1.55 bits per heavy atom. The lowest BCUT2D eigenvalue weighted by Crippen LogP contribution is -2.30. The first kappa shape index (κ1) is 28.1. The van der Waals surface area contributed by atoms with Crippen molar-refractivity contribution in [1.82, 2.24) is 0 Å². The van der Waals surface area contributed by atoms with Gasteiger partial charge in [0.25, 0.3) is 0 Å². The van der Waals surface area contributed by atoms with Crippen molar-refractivity contribution in [3.8, 4) is 11.5 Å². The third kappa shape index (κ3) is 8.05. The quantitative estimate of drug-likeness (QED) is 0.0984. The van der Waals surface area contributed by atoms with E-state index in [-0.39, 0.29) is 5.75 Å². The van der Waals surface area contributed by atoms with Crippen LogP contribution in [-0.2, 0) is 9.53 Å². The van der Waals surface area contributed by atoms with Crippen LogP contribution in [0.1, 0.15) is 11.7 Å². The number of benzene rings is 4. The fourth-order valence-corrected chi connectivity index (χ4v) is 4.16. The van der Waals surface area contributed by atoms with Crippen LogP contribution in [0.4, 0.5) is 21.9 Å². The van der Waals surface area contributed by atoms with Crippen molar-refractivity contribution in [3.05, 3.63) is 121 Å². The number of rotatable bonds is 10. The topological polar surface area (TPSA) is 123 Å². The summed E-state index contributed by atoms with van der Waals surface area (Å²) in [5.74, 6) is 0.115. The van der Waals surface area contributed by atoms with Crippen molar-refractivity contribution < 1.29 is 24.2 Å². The maximum atomic E-state index is 13.0. The van der Waals surface area contributed by atoms with Crippen molar-refractivity contribution in [2.24, 2.45) is 0 Å². The molecule has 0 saturated carbocycles. The number of phenolic OH excluding ortho intramolecular Hbond substituents is 1. The van der Waals surface area contributed by atoms with Crippen molar-refractivity contribution in [3.63, 3.8) is 0 Å². The number of anilines is 3. The molecule has 4 rings (SSSR count). The van der Waals surface area contributed by atoms with Crippen LogP contribution in [0.2, 0.25) is 0 Å². The average Bonchev–Trinajstić information content (AvgIpc) is 2.97. The molecule has 0 aliphatic rings. The van der Waals surface area contributed by atoms with Gasteiger partial charge in [0.1, 0.15) is 11.5 Å². The van der Waals surface area contributed by atoms with E-state index in [1.54, 1.807) is 72.4 Å². The summed E-state index contributed by atoms with van der Waals surface area (Å²) in [5, 5.41) is 15.3. The molecule has 0 aromatic heterocycles. The van der Waals surface area contributed by atoms with Crippen molar-refractivity contribution in [1.29, 1.82) is 0 Å². The van der Waals surface area contributed by atoms with E-state index in [0.29, 0.717) is 28.4 Å². The third-order valence-corrected chi connectivity index (χ3v) is 6.51. The minimum absolute atomic E-state index is 0.0525. The number of nitrogens with two attached hydrogens (primary N) is 1. The van der Waals surface area contributed by atoms with Gasteiger partial charge >= 0.3 is 6.09 Å². The van der Waals surface area contributed by atoms with Crippen LogP contribution in [0.3, 0.4) is 0 Å². The molecule has 2 amide bonds. The van der Waals surface area contributed by atoms with Gasteiger partial charge in [0.05, 0.1) is 11.4 Å². The number of phenols is 1. The highest BCUT2D eigenvalue weighted by atomic mass is 32.2. The molecule has 9 heteroatoms. The molecule has 4 aromatic rings. The van der Waals surface area contributed by atoms with Crippen LogP contribution in [0.5, 0.6) is 11.5 Å². The third-order valence-electron chi connectivity index (χ3n) is 5.76. The molecule has 4 aromatic carbocycles. The summed E-state index contributed by atoms with van der Waals surface area (Å²) in [4.78, 5) is 26.9. The molecule has 0 unspecified atom stereocenters. The fourth-order valence-electron chi connectivity index (χ4n) is 3.75. The van der Waals surface area contributed by atoms with Gasteiger partial charge in [-0.25, -0.2) is 4.79 Å². The Morgan fingerprint density at radius 3 is 2.23 bits per heavy atom. The Balaban J connectivity index is 1.61. The van der Waals surface area contributed by atoms with Crippen LogP contribution in [0.15, 0.2) is 120 Å². The molecule has 0 bridgehead atoms. The second kappa shape index (κ2) is 13.8. The highest BCUT2D eigenvalue weighted by Crippen LogP contribution is 2.29. The van der Waals surface area contributed by atoms with Gasteiger partial charge in [0.2, 0.25) is 5.91 Å². The number of thioether (sulfide) groups is 1. The van der Waals surface area contributed by atoms with E-state index in [1.807, 2.05) is 36.6 Å². The smallest absolute Gasteiger partial charge is 0.412 e. The molecule has 0 radical (unpaired) electrons. The zero-order valence-corrected chi connectivity index (χ0v) is 22.5. The molecule has 0 spiro atoms. The van der Waals surface area contributed by atoms with Gasteiger partial charge in [0, 0.05) is 16.7 Å². The molecular weight excluding hydrogens is 526 g/mol. The summed E-state index contributed by atoms with van der Waals surface area (Å²) in [6.07, 6.45) is 2.16. The fraction of sp³-hybridized carbons (Fsp3) is 0.0968. The number of nitrogen functional groups attached to an aromatic ring is 1. The first-order valence-electron chi connectivity index (χ1n) is 12.4. The highest BCUT2D eigenvalue weighted by Gasteiger charge is 2.28. The lowest BCUT2D eigenvalue weighted by molar-refractivity contribution is -0.112. The summed E-state index contributed by atoms with van der Waals surface area (Å²) in [5.41, 5.74) is 7.95. The van der Waals surface area contributed by atoms with Crippen LogP contribution in [0.25, 0.3) is 0 Å². The number of para-hydroxylation sites is 3. The minimum atomic E-state index is -0.989. The van der Waals surface area contributed by atoms with E-state index in [9.17, 15) is 14.7 Å². The predicted octanol–water partition coefficient (Wildman–Crippen LogP) is 6.63. The van der Waals surface area contributed by atoms with Gasteiger partial charge in [0.15, 0.2) is 12.2 Å². The number of hydrogen-bond acceptors (Lipinski definition) is 7. The number of carbonyl (C=O) groups is 2. The maximum absolute atomic E-state index is 13.0. The monoisotopic (exact) mass is 555 g/mol. The van der Waals surface area contributed by atoms with Crippen LogP contribution in [0, 0.1) is 0 Å². The average molecular weight is 556 g/mol. The molecular formula is C31H29N3O5S. The van der Waals surface area contributed by atoms with E-state index in [1.165, 1.54) is 24.3 Å². The molecule has 5 N–H and O–H groups in total. The summed E-state index contributed by atoms with van der Waals surface area (Å²) in [6.45, 7) is 0. The normalized spacial score (nSPS) is 12.3. The number of amides is 2. The summed E-state index contributed by atoms with van der Waals surface area (Å²) in [7, 11) is 0. The Morgan fingerprint density at radius 1 is 0.875 bits per heavy atom. The highest BCUT2D eigenvalue weighted by molar-refractivity contribution is 7.98. The summed E-state index contributed by atoms with van der Waals surface area (Å²) < 4.78 is 12.1. The largest absolute Gasteiger partial charge is 0.508 e. The Bertz CT molecular complexity index is 1440. The van der Waals surface area contributed by atoms with Gasteiger partial charge in [-0.15, -0.1) is 11.8 Å². The summed E-state index contributed by atoms with van der Waals surface area (Å²) >= 11 is 1.59. The first-order chi connectivity index (χ1) is 19.4. The Kier molecular flexibility index (Phi) is 9.68. The molecule has 40 heavy (non-hydrogen) atoms. The van der Waals surface area contributed by atoms with E-state index in [0.717, 1.165) is 4.90 Å². The standard InChI is InChI=1S/C31H29N3O5S/c1-40-25-17-13-22(14-18-25)33-31(37)39-30(21-11-15-23(35)16-12-21)28(38-24-7-3-2-4-8-24)19-20-29(36)34-27-10-6-5-9-26(27)32/h2-20,28,30,35H,32H2,1H3,(H,33,37)(H,34,36)/b20-19+/t28-,30-/m0/s1. The SMILES string of the molecule is CSc1ccc(NC(=O)O[C@@H](c2ccc(O)cc2)[C@H](/C=C/C(=O)Nc2ccccc2N)Oc2ccccc2)cc1. The van der Waals surface area contributed by atoms with Crippen LogP contribution >= 0.6 is 11.8 Å². The number of ether oxygens (including phenoxy) is 2. The van der Waals surface area contributed by atoms with Gasteiger partial charge in [-0.3, -0.25) is 10.1 Å². The molecule has 0 aliphatic carbocycles. The first-order valence-corrected chi connectivity index (χ1v) is 13.6. The molecule has 0 heterocycles. The Hall–Kier alpha value is -4.89. The second-order valence-electron chi connectivity index (χ2n) is 8.60. The van der Waals surface area contributed by atoms with Gasteiger partial charge < -0.3 is 25.6 Å². The molecule has 0 fully saturated rings.